The van der Waals surface area contributed by atoms with E-state index in [1.54, 1.807) is 23.1 Å². The van der Waals surface area contributed by atoms with Gasteiger partial charge in [-0.05, 0) is 19.1 Å². The van der Waals surface area contributed by atoms with Crippen molar-refractivity contribution in [2.75, 3.05) is 0 Å². The summed E-state index contributed by atoms with van der Waals surface area (Å²) in [5, 5.41) is 12.7. The smallest absolute Gasteiger partial charge is 0.191 e. The summed E-state index contributed by atoms with van der Waals surface area (Å²) in [6.07, 6.45) is 1.85. The van der Waals surface area contributed by atoms with Gasteiger partial charge in [0.1, 0.15) is 17.4 Å². The monoisotopic (exact) mass is 434 g/mol. The van der Waals surface area contributed by atoms with E-state index in [0.29, 0.717) is 13.2 Å². The van der Waals surface area contributed by atoms with Gasteiger partial charge < -0.3 is 4.74 Å². The van der Waals surface area contributed by atoms with Gasteiger partial charge in [-0.3, -0.25) is 4.57 Å². The van der Waals surface area contributed by atoms with Crippen LogP contribution in [0.2, 0.25) is 0 Å². The van der Waals surface area contributed by atoms with Crippen LogP contribution in [0, 0.1) is 6.92 Å². The van der Waals surface area contributed by atoms with Crippen LogP contribution >= 0.6 is 23.1 Å². The van der Waals surface area contributed by atoms with Gasteiger partial charge in [0.2, 0.25) is 0 Å². The number of aromatic nitrogens is 4. The molecule has 5 nitrogen and oxygen atoms in total. The zero-order valence-electron chi connectivity index (χ0n) is 16.7. The van der Waals surface area contributed by atoms with Crippen LogP contribution in [-0.4, -0.2) is 19.7 Å². The Hall–Kier alpha value is -2.90. The summed E-state index contributed by atoms with van der Waals surface area (Å²) in [6.45, 7) is 6.91. The number of hydrogen-bond acceptors (Lipinski definition) is 6. The van der Waals surface area contributed by atoms with Gasteiger partial charge in [0, 0.05) is 23.2 Å². The first kappa shape index (κ1) is 20.4. The fourth-order valence-corrected chi connectivity index (χ4v) is 4.64. The number of thioether (sulfide) groups is 1. The van der Waals surface area contributed by atoms with E-state index in [0.717, 1.165) is 38.7 Å². The van der Waals surface area contributed by atoms with Crippen LogP contribution in [0.5, 0.6) is 5.75 Å². The predicted octanol–water partition coefficient (Wildman–Crippen LogP) is 5.77. The van der Waals surface area contributed by atoms with Crippen LogP contribution in [0.4, 0.5) is 0 Å². The largest absolute Gasteiger partial charge is 0.486 e. The van der Waals surface area contributed by atoms with E-state index in [-0.39, 0.29) is 0 Å². The average molecular weight is 435 g/mol. The third-order valence-electron chi connectivity index (χ3n) is 4.42. The van der Waals surface area contributed by atoms with Gasteiger partial charge in [-0.2, -0.15) is 0 Å². The Morgan fingerprint density at radius 2 is 1.90 bits per heavy atom. The van der Waals surface area contributed by atoms with E-state index in [1.807, 2.05) is 53.1 Å². The van der Waals surface area contributed by atoms with Crippen molar-refractivity contribution in [3.63, 3.8) is 0 Å². The maximum atomic E-state index is 5.88. The normalized spacial score (nSPS) is 10.8. The van der Waals surface area contributed by atoms with Gasteiger partial charge >= 0.3 is 0 Å². The maximum absolute atomic E-state index is 5.88. The second-order valence-corrected chi connectivity index (χ2v) is 8.50. The van der Waals surface area contributed by atoms with Crippen molar-refractivity contribution in [1.82, 2.24) is 19.7 Å². The molecule has 0 spiro atoms. The first-order chi connectivity index (χ1) is 14.7. The minimum atomic E-state index is 0.360. The van der Waals surface area contributed by atoms with Crippen LogP contribution in [0.3, 0.4) is 0 Å². The molecule has 4 rings (SSSR count). The molecule has 0 N–H and O–H groups in total. The Morgan fingerprint density at radius 3 is 2.67 bits per heavy atom. The topological polar surface area (TPSA) is 52.8 Å². The zero-order chi connectivity index (χ0) is 20.8. The van der Waals surface area contributed by atoms with Crippen molar-refractivity contribution in [2.45, 2.75) is 31.0 Å². The van der Waals surface area contributed by atoms with Crippen molar-refractivity contribution in [3.8, 4) is 16.3 Å². The Morgan fingerprint density at radius 1 is 1.10 bits per heavy atom. The number of ether oxygens (including phenoxy) is 1. The quantitative estimate of drug-likeness (QED) is 0.247. The second-order valence-electron chi connectivity index (χ2n) is 6.70. The lowest BCUT2D eigenvalue weighted by Gasteiger charge is -2.09. The molecule has 152 valence electrons. The molecule has 0 aliphatic carbocycles. The van der Waals surface area contributed by atoms with Crippen molar-refractivity contribution in [2.24, 2.45) is 0 Å². The molecule has 0 fully saturated rings. The SMILES string of the molecule is C=CCn1c(COc2ccc(C)cc2)nnc1SCc1csc(-c2ccccc2)n1. The summed E-state index contributed by atoms with van der Waals surface area (Å²) < 4.78 is 7.92. The van der Waals surface area contributed by atoms with Crippen molar-refractivity contribution in [1.29, 1.82) is 0 Å². The fourth-order valence-electron chi connectivity index (χ4n) is 2.85. The molecule has 0 radical (unpaired) electrons. The highest BCUT2D eigenvalue weighted by molar-refractivity contribution is 7.98. The minimum Gasteiger partial charge on any atom is -0.486 e. The molecule has 7 heteroatoms. The molecule has 0 bridgehead atoms. The highest BCUT2D eigenvalue weighted by atomic mass is 32.2. The highest BCUT2D eigenvalue weighted by Crippen LogP contribution is 2.27. The van der Waals surface area contributed by atoms with Crippen LogP contribution in [-0.2, 0) is 18.9 Å². The number of rotatable bonds is 9. The second kappa shape index (κ2) is 9.73. The van der Waals surface area contributed by atoms with E-state index < -0.39 is 0 Å². The van der Waals surface area contributed by atoms with Crippen LogP contribution in [0.1, 0.15) is 17.1 Å². The highest BCUT2D eigenvalue weighted by Gasteiger charge is 2.14. The predicted molar refractivity (Wildman–Crippen MR) is 123 cm³/mol. The molecular weight excluding hydrogens is 412 g/mol. The Balaban J connectivity index is 1.42. The summed E-state index contributed by atoms with van der Waals surface area (Å²) in [5.74, 6) is 2.33. The van der Waals surface area contributed by atoms with Crippen molar-refractivity contribution < 1.29 is 4.74 Å². The standard InChI is InChI=1S/C23H22N4OS2/c1-3-13-27-21(14-28-20-11-9-17(2)10-12-20)25-26-23(27)30-16-19-15-29-22(24-19)18-7-5-4-6-8-18/h3-12,15H,1,13-14,16H2,2H3. The lowest BCUT2D eigenvalue weighted by molar-refractivity contribution is 0.289. The zero-order valence-corrected chi connectivity index (χ0v) is 18.3. The molecular formula is C23H22N4OS2. The van der Waals surface area contributed by atoms with E-state index in [9.17, 15) is 0 Å². The molecule has 0 saturated heterocycles. The summed E-state index contributed by atoms with van der Waals surface area (Å²) in [6, 6.07) is 18.2. The summed E-state index contributed by atoms with van der Waals surface area (Å²) >= 11 is 3.28. The fraction of sp³-hybridized carbons (Fsp3) is 0.174. The summed E-state index contributed by atoms with van der Waals surface area (Å²) in [4.78, 5) is 4.76. The van der Waals surface area contributed by atoms with Crippen LogP contribution < -0.4 is 4.74 Å². The number of thiazole rings is 1. The summed E-state index contributed by atoms with van der Waals surface area (Å²) in [7, 11) is 0. The minimum absolute atomic E-state index is 0.360. The van der Waals surface area contributed by atoms with Gasteiger partial charge in [0.05, 0.1) is 5.69 Å². The Bertz CT molecular complexity index is 1100. The van der Waals surface area contributed by atoms with E-state index >= 15 is 0 Å². The molecule has 2 aromatic carbocycles. The van der Waals surface area contributed by atoms with E-state index in [4.69, 9.17) is 9.72 Å². The molecule has 4 aromatic rings. The maximum Gasteiger partial charge on any atom is 0.191 e. The average Bonchev–Trinajstić information content (AvgIpc) is 3.40. The third kappa shape index (κ3) is 4.98. The van der Waals surface area contributed by atoms with Crippen LogP contribution in [0.25, 0.3) is 10.6 Å². The summed E-state index contributed by atoms with van der Waals surface area (Å²) in [5.41, 5.74) is 3.38. The van der Waals surface area contributed by atoms with E-state index in [1.165, 1.54) is 5.56 Å². The molecule has 0 amide bonds. The lowest BCUT2D eigenvalue weighted by Crippen LogP contribution is -2.07. The molecule has 0 atom stereocenters. The van der Waals surface area contributed by atoms with Gasteiger partial charge in [-0.15, -0.1) is 28.1 Å². The molecule has 0 aliphatic heterocycles. The number of hydrogen-bond donors (Lipinski definition) is 0. The third-order valence-corrected chi connectivity index (χ3v) is 6.36. The molecule has 2 aromatic heterocycles. The molecule has 2 heterocycles. The van der Waals surface area contributed by atoms with Gasteiger partial charge in [0.25, 0.3) is 0 Å². The lowest BCUT2D eigenvalue weighted by atomic mass is 10.2. The van der Waals surface area contributed by atoms with Crippen molar-refractivity contribution in [3.05, 3.63) is 89.7 Å². The number of allylic oxidation sites excluding steroid dienone is 1. The Kier molecular flexibility index (Phi) is 6.61. The first-order valence-electron chi connectivity index (χ1n) is 9.58. The Labute approximate surface area is 184 Å². The van der Waals surface area contributed by atoms with Crippen LogP contribution in [0.15, 0.2) is 77.8 Å². The molecule has 0 unspecified atom stereocenters. The van der Waals surface area contributed by atoms with E-state index in [2.05, 4.69) is 41.2 Å². The first-order valence-corrected chi connectivity index (χ1v) is 11.4. The molecule has 0 saturated carbocycles. The number of benzene rings is 2. The van der Waals surface area contributed by atoms with Gasteiger partial charge in [0.15, 0.2) is 11.0 Å². The van der Waals surface area contributed by atoms with Crippen molar-refractivity contribution >= 4 is 23.1 Å². The number of aryl methyl sites for hydroxylation is 1. The molecule has 30 heavy (non-hydrogen) atoms. The van der Waals surface area contributed by atoms with Gasteiger partial charge in [-0.1, -0.05) is 65.9 Å². The molecule has 0 aliphatic rings. The van der Waals surface area contributed by atoms with Gasteiger partial charge in [-0.25, -0.2) is 4.98 Å². The number of nitrogens with zero attached hydrogens (tertiary/aromatic N) is 4.